The Morgan fingerprint density at radius 1 is 0.769 bits per heavy atom. The number of hydrogen-bond donors (Lipinski definition) is 9. The second kappa shape index (κ2) is 10.4. The second-order valence-electron chi connectivity index (χ2n) is 8.74. The van der Waals surface area contributed by atoms with Crippen LogP contribution in [0.2, 0.25) is 0 Å². The number of hydrogen-bond acceptors (Lipinski definition) is 15. The first-order valence-electron chi connectivity index (χ1n) is 11.5. The molecule has 0 radical (unpaired) electrons. The summed E-state index contributed by atoms with van der Waals surface area (Å²) in [6.45, 7) is -0.889. The fourth-order valence-electron chi connectivity index (χ4n) is 4.39. The van der Waals surface area contributed by atoms with Gasteiger partial charge in [-0.25, -0.2) is 19.7 Å². The van der Waals surface area contributed by atoms with Crippen LogP contribution >= 0.6 is 0 Å². The molecule has 39 heavy (non-hydrogen) atoms. The highest BCUT2D eigenvalue weighted by Crippen LogP contribution is 2.32. The van der Waals surface area contributed by atoms with Crippen molar-refractivity contribution in [2.45, 2.75) is 49.1 Å². The zero-order valence-corrected chi connectivity index (χ0v) is 19.7. The van der Waals surface area contributed by atoms with Gasteiger partial charge in [0.2, 0.25) is 5.88 Å². The van der Waals surface area contributed by atoms with Gasteiger partial charge in [-0.05, 0) is 0 Å². The molecule has 9 N–H and O–H groups in total. The topological polar surface area (TPSA) is 287 Å². The fraction of sp³-hybridized carbons (Fsp3) is 0.500. The highest BCUT2D eigenvalue weighted by Gasteiger charge is 2.45. The summed E-state index contributed by atoms with van der Waals surface area (Å²) in [5.41, 5.74) is -0.927. The van der Waals surface area contributed by atoms with Crippen LogP contribution in [0.3, 0.4) is 0 Å². The van der Waals surface area contributed by atoms with Crippen molar-refractivity contribution in [3.63, 3.8) is 0 Å². The molecule has 8 atom stereocenters. The molecule has 2 saturated heterocycles. The fourth-order valence-corrected chi connectivity index (χ4v) is 4.39. The lowest BCUT2D eigenvalue weighted by Crippen LogP contribution is -2.33. The van der Waals surface area contributed by atoms with Gasteiger partial charge in [-0.3, -0.25) is 23.9 Å². The van der Waals surface area contributed by atoms with Crippen LogP contribution in [0.4, 0.5) is 0 Å². The van der Waals surface area contributed by atoms with Gasteiger partial charge in [-0.2, -0.15) is 4.98 Å². The Morgan fingerprint density at radius 2 is 1.33 bits per heavy atom. The van der Waals surface area contributed by atoms with Crippen molar-refractivity contribution in [3.8, 4) is 5.88 Å². The molecule has 0 unspecified atom stereocenters. The molecule has 0 aromatic carbocycles. The van der Waals surface area contributed by atoms with Crippen molar-refractivity contribution in [1.82, 2.24) is 39.0 Å². The van der Waals surface area contributed by atoms with Crippen LogP contribution in [0.25, 0.3) is 22.3 Å². The lowest BCUT2D eigenvalue weighted by atomic mass is 10.1. The van der Waals surface area contributed by atoms with Crippen LogP contribution in [0.15, 0.2) is 28.6 Å². The Morgan fingerprint density at radius 3 is 1.92 bits per heavy atom. The van der Waals surface area contributed by atoms with E-state index in [2.05, 4.69) is 24.9 Å². The molecule has 6 rings (SSSR count). The number of fused-ring (bicyclic) bond motifs is 2. The third-order valence-corrected chi connectivity index (χ3v) is 6.39. The molecule has 0 amide bonds. The molecule has 4 aromatic heterocycles. The molecule has 0 bridgehead atoms. The van der Waals surface area contributed by atoms with Gasteiger partial charge in [0.05, 0.1) is 25.9 Å². The smallest absolute Gasteiger partial charge is 0.327 e. The molecule has 19 nitrogen and oxygen atoms in total. The zero-order chi connectivity index (χ0) is 28.0. The van der Waals surface area contributed by atoms with Crippen molar-refractivity contribution in [2.75, 3.05) is 13.2 Å². The number of rotatable bonds is 4. The number of ether oxygens (including phenoxy) is 2. The number of H-pyrrole nitrogens is 2. The van der Waals surface area contributed by atoms with Gasteiger partial charge in [-0.1, -0.05) is 0 Å². The maximum absolute atomic E-state index is 11.6. The Kier molecular flexibility index (Phi) is 7.13. The van der Waals surface area contributed by atoms with Crippen LogP contribution in [0, 0.1) is 0 Å². The van der Waals surface area contributed by atoms with Crippen LogP contribution in [0.5, 0.6) is 5.88 Å². The molecular formula is C20H24N8O11. The first-order chi connectivity index (χ1) is 18.7. The number of nitrogens with zero attached hydrogens (tertiary/aromatic N) is 6. The summed E-state index contributed by atoms with van der Waals surface area (Å²) in [4.78, 5) is 42.5. The van der Waals surface area contributed by atoms with Crippen molar-refractivity contribution in [1.29, 1.82) is 0 Å². The summed E-state index contributed by atoms with van der Waals surface area (Å²) in [7, 11) is 0. The van der Waals surface area contributed by atoms with E-state index >= 15 is 0 Å². The van der Waals surface area contributed by atoms with Gasteiger partial charge in [-0.15, -0.1) is 0 Å². The molecule has 0 saturated carbocycles. The van der Waals surface area contributed by atoms with Gasteiger partial charge in [0.25, 0.3) is 5.56 Å². The molecule has 2 aliphatic heterocycles. The zero-order valence-electron chi connectivity index (χ0n) is 19.7. The molecule has 6 heterocycles. The van der Waals surface area contributed by atoms with E-state index < -0.39 is 73.5 Å². The summed E-state index contributed by atoms with van der Waals surface area (Å²) < 4.78 is 13.3. The predicted molar refractivity (Wildman–Crippen MR) is 124 cm³/mol. The quantitative estimate of drug-likeness (QED) is 0.115. The lowest BCUT2D eigenvalue weighted by Gasteiger charge is -2.16. The molecule has 0 aliphatic carbocycles. The summed E-state index contributed by atoms with van der Waals surface area (Å²) in [6, 6.07) is 0. The maximum atomic E-state index is 11.6. The minimum Gasteiger partial charge on any atom is -0.492 e. The van der Waals surface area contributed by atoms with Gasteiger partial charge in [0, 0.05) is 0 Å². The Hall–Kier alpha value is -3.82. The molecule has 2 fully saturated rings. The first kappa shape index (κ1) is 26.8. The van der Waals surface area contributed by atoms with E-state index in [1.165, 1.54) is 21.8 Å². The van der Waals surface area contributed by atoms with E-state index in [-0.39, 0.29) is 28.2 Å². The van der Waals surface area contributed by atoms with Crippen molar-refractivity contribution < 1.29 is 45.2 Å². The number of aromatic amines is 2. The number of nitrogens with one attached hydrogen (secondary N) is 2. The van der Waals surface area contributed by atoms with E-state index in [0.717, 1.165) is 6.33 Å². The highest BCUT2D eigenvalue weighted by molar-refractivity contribution is 5.75. The lowest BCUT2D eigenvalue weighted by molar-refractivity contribution is -0.0511. The van der Waals surface area contributed by atoms with Crippen molar-refractivity contribution >= 4 is 22.3 Å². The Bertz CT molecular complexity index is 1580. The minimum atomic E-state index is -1.33. The van der Waals surface area contributed by atoms with Crippen molar-refractivity contribution in [2.24, 2.45) is 0 Å². The van der Waals surface area contributed by atoms with Crippen LogP contribution in [-0.4, -0.2) is 125 Å². The van der Waals surface area contributed by atoms with Crippen LogP contribution in [-0.2, 0) is 9.47 Å². The number of aliphatic hydroxyl groups excluding tert-OH is 6. The van der Waals surface area contributed by atoms with E-state index in [0.29, 0.717) is 0 Å². The van der Waals surface area contributed by atoms with Gasteiger partial charge in [0.15, 0.2) is 29.1 Å². The number of aromatic nitrogens is 8. The minimum absolute atomic E-state index is 0.0256. The molecule has 4 aromatic rings. The number of aromatic hydroxyl groups is 1. The second-order valence-corrected chi connectivity index (χ2v) is 8.74. The van der Waals surface area contributed by atoms with Gasteiger partial charge < -0.3 is 45.2 Å². The molecule has 210 valence electrons. The highest BCUT2D eigenvalue weighted by atomic mass is 16.6. The molecular weight excluding hydrogens is 528 g/mol. The van der Waals surface area contributed by atoms with E-state index in [9.17, 15) is 35.1 Å². The van der Waals surface area contributed by atoms with E-state index in [4.69, 9.17) is 19.7 Å². The van der Waals surface area contributed by atoms with Gasteiger partial charge in [0.1, 0.15) is 48.6 Å². The summed E-state index contributed by atoms with van der Waals surface area (Å²) >= 11 is 0. The predicted octanol–water partition coefficient (Wildman–Crippen LogP) is -4.83. The van der Waals surface area contributed by atoms with E-state index in [1.807, 2.05) is 4.98 Å². The van der Waals surface area contributed by atoms with Crippen LogP contribution < -0.4 is 11.2 Å². The Labute approximate surface area is 215 Å². The van der Waals surface area contributed by atoms with Crippen molar-refractivity contribution in [3.05, 3.63) is 39.8 Å². The third kappa shape index (κ3) is 4.55. The average Bonchev–Trinajstić information content (AvgIpc) is 3.66. The number of aliphatic hydroxyl groups is 6. The Balaban J connectivity index is 0.000000158. The standard InChI is InChI=1S/C10H12N4O6.C10H12N4O5/c15-1-3-5(16)6(17)9(20-3)14-2-11-4-7(14)12-10(19)13-8(4)18;15-1-4-6(16)7(17)10(19-4)14-3-13-5-8(14)11-2-12-9(5)18/h2-3,5-6,9,15-17H,1H2,(H2,12,13,18,19);2-4,6-7,10,15-17H,1H2,(H,11,12,18)/t3-,5-,6-,9-;4-,6-,7-,10-/m11/s1. The SMILES string of the molecule is O=c1[nH]c(=O)c2ncn([C@@H]3O[C@H](CO)[C@@H](O)[C@H]3O)c2[nH]1.OC[C@H]1O[C@@H](n2cnc3c(O)ncnc32)[C@H](O)[C@@H]1O. The van der Waals surface area contributed by atoms with E-state index in [1.54, 1.807) is 0 Å². The monoisotopic (exact) mass is 552 g/mol. The molecule has 0 spiro atoms. The third-order valence-electron chi connectivity index (χ3n) is 6.39. The van der Waals surface area contributed by atoms with Gasteiger partial charge >= 0.3 is 5.69 Å². The number of imidazole rings is 2. The van der Waals surface area contributed by atoms with Crippen LogP contribution in [0.1, 0.15) is 12.5 Å². The molecule has 19 heteroatoms. The molecule has 2 aliphatic rings. The average molecular weight is 552 g/mol. The first-order valence-corrected chi connectivity index (χ1v) is 11.5. The maximum Gasteiger partial charge on any atom is 0.327 e. The summed E-state index contributed by atoms with van der Waals surface area (Å²) in [5, 5.41) is 66.8. The summed E-state index contributed by atoms with van der Waals surface area (Å²) in [5.74, 6) is -0.282. The largest absolute Gasteiger partial charge is 0.492 e. The normalized spacial score (nSPS) is 30.6. The summed E-state index contributed by atoms with van der Waals surface area (Å²) in [6.07, 6.45) is -5.21.